The van der Waals surface area contributed by atoms with Gasteiger partial charge in [-0.1, -0.05) is 5.16 Å². The first-order valence-electron chi connectivity index (χ1n) is 6.75. The van der Waals surface area contributed by atoms with Crippen LogP contribution in [0, 0.1) is 6.92 Å². The van der Waals surface area contributed by atoms with Gasteiger partial charge in [0.25, 0.3) is 0 Å². The second kappa shape index (κ2) is 6.87. The number of piperazine rings is 1. The number of hydrogen-bond donors (Lipinski definition) is 1. The largest absolute Gasteiger partial charge is 0.396 e. The lowest BCUT2D eigenvalue weighted by Gasteiger charge is -2.34. The normalized spacial score (nSPS) is 18.3. The SMILES string of the molecule is Cc1cc(CN2CCN(CCCCO)CC2)on1. The van der Waals surface area contributed by atoms with Gasteiger partial charge in [0.2, 0.25) is 0 Å². The molecule has 0 spiro atoms. The first-order chi connectivity index (χ1) is 8.78. The minimum absolute atomic E-state index is 0.310. The van der Waals surface area contributed by atoms with Gasteiger partial charge in [0.05, 0.1) is 12.2 Å². The van der Waals surface area contributed by atoms with E-state index in [1.807, 2.05) is 13.0 Å². The van der Waals surface area contributed by atoms with Gasteiger partial charge in [-0.2, -0.15) is 0 Å². The zero-order valence-electron chi connectivity index (χ0n) is 11.1. The van der Waals surface area contributed by atoms with Crippen LogP contribution in [0.4, 0.5) is 0 Å². The zero-order chi connectivity index (χ0) is 12.8. The zero-order valence-corrected chi connectivity index (χ0v) is 11.1. The highest BCUT2D eigenvalue weighted by Gasteiger charge is 2.17. The average molecular weight is 253 g/mol. The maximum Gasteiger partial charge on any atom is 0.150 e. The maximum atomic E-state index is 8.76. The van der Waals surface area contributed by atoms with Gasteiger partial charge in [-0.15, -0.1) is 0 Å². The molecule has 0 amide bonds. The van der Waals surface area contributed by atoms with Crippen LogP contribution in [0.1, 0.15) is 24.3 Å². The molecular formula is C13H23N3O2. The Labute approximate surface area is 108 Å². The molecular weight excluding hydrogens is 230 g/mol. The van der Waals surface area contributed by atoms with Gasteiger partial charge in [0.1, 0.15) is 0 Å². The molecule has 0 saturated carbocycles. The van der Waals surface area contributed by atoms with Crippen molar-refractivity contribution in [3.05, 3.63) is 17.5 Å². The van der Waals surface area contributed by atoms with Crippen LogP contribution in [0.15, 0.2) is 10.6 Å². The molecule has 0 atom stereocenters. The van der Waals surface area contributed by atoms with E-state index in [0.29, 0.717) is 6.61 Å². The second-order valence-electron chi connectivity index (χ2n) is 4.98. The van der Waals surface area contributed by atoms with Crippen molar-refractivity contribution in [2.45, 2.75) is 26.3 Å². The van der Waals surface area contributed by atoms with Crippen LogP contribution in [-0.2, 0) is 6.54 Å². The summed E-state index contributed by atoms with van der Waals surface area (Å²) in [6.45, 7) is 8.62. The third-order valence-electron chi connectivity index (χ3n) is 3.40. The average Bonchev–Trinajstić information content (AvgIpc) is 2.77. The molecule has 1 aromatic heterocycles. The minimum atomic E-state index is 0.310. The van der Waals surface area contributed by atoms with Gasteiger partial charge in [0.15, 0.2) is 5.76 Å². The molecule has 0 radical (unpaired) electrons. The molecule has 2 heterocycles. The van der Waals surface area contributed by atoms with Crippen molar-refractivity contribution in [3.8, 4) is 0 Å². The Morgan fingerprint density at radius 1 is 1.22 bits per heavy atom. The van der Waals surface area contributed by atoms with E-state index >= 15 is 0 Å². The quantitative estimate of drug-likeness (QED) is 0.763. The minimum Gasteiger partial charge on any atom is -0.396 e. The van der Waals surface area contributed by atoms with Gasteiger partial charge in [-0.05, 0) is 26.3 Å². The summed E-state index contributed by atoms with van der Waals surface area (Å²) in [6, 6.07) is 2.01. The summed E-state index contributed by atoms with van der Waals surface area (Å²) in [5.41, 5.74) is 0.952. The van der Waals surface area contributed by atoms with Gasteiger partial charge in [-0.25, -0.2) is 0 Å². The molecule has 0 aromatic carbocycles. The van der Waals surface area contributed by atoms with Crippen LogP contribution >= 0.6 is 0 Å². The smallest absolute Gasteiger partial charge is 0.150 e. The number of nitrogens with zero attached hydrogens (tertiary/aromatic N) is 3. The third-order valence-corrected chi connectivity index (χ3v) is 3.40. The Kier molecular flexibility index (Phi) is 5.16. The lowest BCUT2D eigenvalue weighted by Crippen LogP contribution is -2.46. The Morgan fingerprint density at radius 2 is 1.94 bits per heavy atom. The van der Waals surface area contributed by atoms with E-state index in [1.54, 1.807) is 0 Å². The molecule has 18 heavy (non-hydrogen) atoms. The number of rotatable bonds is 6. The Hall–Kier alpha value is -0.910. The molecule has 102 valence electrons. The monoisotopic (exact) mass is 253 g/mol. The first kappa shape index (κ1) is 13.5. The van der Waals surface area contributed by atoms with Gasteiger partial charge >= 0.3 is 0 Å². The van der Waals surface area contributed by atoms with E-state index < -0.39 is 0 Å². The summed E-state index contributed by atoms with van der Waals surface area (Å²) in [7, 11) is 0. The second-order valence-corrected chi connectivity index (χ2v) is 4.98. The summed E-state index contributed by atoms with van der Waals surface area (Å²) >= 11 is 0. The van der Waals surface area contributed by atoms with Crippen molar-refractivity contribution < 1.29 is 9.63 Å². The standard InChI is InChI=1S/C13H23N3O2/c1-12-10-13(18-14-12)11-16-7-5-15(6-8-16)4-2-3-9-17/h10,17H,2-9,11H2,1H3. The highest BCUT2D eigenvalue weighted by atomic mass is 16.5. The van der Waals surface area contributed by atoms with Crippen molar-refractivity contribution in [1.29, 1.82) is 0 Å². The number of aliphatic hydroxyl groups excluding tert-OH is 1. The fourth-order valence-corrected chi connectivity index (χ4v) is 2.33. The lowest BCUT2D eigenvalue weighted by atomic mass is 10.2. The van der Waals surface area contributed by atoms with E-state index in [4.69, 9.17) is 9.63 Å². The first-order valence-corrected chi connectivity index (χ1v) is 6.75. The maximum absolute atomic E-state index is 8.76. The molecule has 0 unspecified atom stereocenters. The van der Waals surface area contributed by atoms with Gasteiger partial charge in [0, 0.05) is 38.9 Å². The molecule has 2 rings (SSSR count). The van der Waals surface area contributed by atoms with Crippen LogP contribution in [0.2, 0.25) is 0 Å². The summed E-state index contributed by atoms with van der Waals surface area (Å²) in [6.07, 6.45) is 2.01. The Bertz CT molecular complexity index is 346. The Morgan fingerprint density at radius 3 is 2.56 bits per heavy atom. The van der Waals surface area contributed by atoms with Crippen molar-refractivity contribution in [1.82, 2.24) is 15.0 Å². The van der Waals surface area contributed by atoms with E-state index in [9.17, 15) is 0 Å². The number of hydrogen-bond acceptors (Lipinski definition) is 5. The molecule has 5 heteroatoms. The number of unbranched alkanes of at least 4 members (excludes halogenated alkanes) is 1. The third kappa shape index (κ3) is 4.08. The highest BCUT2D eigenvalue weighted by Crippen LogP contribution is 2.10. The van der Waals surface area contributed by atoms with E-state index in [-0.39, 0.29) is 0 Å². The molecule has 0 aliphatic carbocycles. The summed E-state index contributed by atoms with van der Waals surface area (Å²) < 4.78 is 5.24. The van der Waals surface area contributed by atoms with E-state index in [2.05, 4.69) is 15.0 Å². The van der Waals surface area contributed by atoms with Crippen LogP contribution in [0.5, 0.6) is 0 Å². The molecule has 0 bridgehead atoms. The molecule has 5 nitrogen and oxygen atoms in total. The summed E-state index contributed by atoms with van der Waals surface area (Å²) in [5, 5.41) is 12.7. The van der Waals surface area contributed by atoms with Crippen molar-refractivity contribution in [3.63, 3.8) is 0 Å². The summed E-state index contributed by atoms with van der Waals surface area (Å²) in [4.78, 5) is 4.88. The van der Waals surface area contributed by atoms with Crippen molar-refractivity contribution in [2.75, 3.05) is 39.3 Å². The molecule has 1 aliphatic heterocycles. The van der Waals surface area contributed by atoms with E-state index in [1.165, 1.54) is 0 Å². The predicted molar refractivity (Wildman–Crippen MR) is 69.3 cm³/mol. The van der Waals surface area contributed by atoms with E-state index in [0.717, 1.165) is 63.6 Å². The summed E-state index contributed by atoms with van der Waals surface area (Å²) in [5.74, 6) is 0.959. The lowest BCUT2D eigenvalue weighted by molar-refractivity contribution is 0.115. The topological polar surface area (TPSA) is 52.7 Å². The molecule has 1 aromatic rings. The van der Waals surface area contributed by atoms with Gasteiger partial charge in [-0.3, -0.25) is 4.90 Å². The van der Waals surface area contributed by atoms with Crippen LogP contribution in [0.3, 0.4) is 0 Å². The molecule has 1 aliphatic rings. The fraction of sp³-hybridized carbons (Fsp3) is 0.769. The Balaban J connectivity index is 1.67. The predicted octanol–water partition coefficient (Wildman–Crippen LogP) is 0.873. The van der Waals surface area contributed by atoms with Crippen LogP contribution in [-0.4, -0.2) is 59.4 Å². The number of aliphatic hydroxyl groups is 1. The number of aromatic nitrogens is 1. The van der Waals surface area contributed by atoms with Crippen LogP contribution in [0.25, 0.3) is 0 Å². The highest BCUT2D eigenvalue weighted by molar-refractivity contribution is 5.02. The van der Waals surface area contributed by atoms with Gasteiger partial charge < -0.3 is 14.5 Å². The number of aryl methyl sites for hydroxylation is 1. The van der Waals surface area contributed by atoms with Crippen molar-refractivity contribution in [2.24, 2.45) is 0 Å². The molecule has 1 N–H and O–H groups in total. The molecule has 1 fully saturated rings. The fourth-order valence-electron chi connectivity index (χ4n) is 2.33. The van der Waals surface area contributed by atoms with Crippen molar-refractivity contribution >= 4 is 0 Å². The molecule has 1 saturated heterocycles. The van der Waals surface area contributed by atoms with Crippen LogP contribution < -0.4 is 0 Å².